The summed E-state index contributed by atoms with van der Waals surface area (Å²) >= 11 is 3.18. The van der Waals surface area contributed by atoms with Crippen molar-refractivity contribution in [3.63, 3.8) is 0 Å². The molecule has 1 aromatic heterocycles. The van der Waals surface area contributed by atoms with E-state index in [9.17, 15) is 9.59 Å². The lowest BCUT2D eigenvalue weighted by Gasteiger charge is -2.17. The standard InChI is InChI=1S/C18H21NO2S2/c1-13-4-10-17(23-13)16(20)9-11-18(21)19(2)12-14-5-7-15(22-3)8-6-14/h4-8,10H,9,11-12H2,1-3H3. The maximum atomic E-state index is 12.2. The number of amides is 1. The van der Waals surface area contributed by atoms with Crippen molar-refractivity contribution in [2.75, 3.05) is 13.3 Å². The summed E-state index contributed by atoms with van der Waals surface area (Å²) in [5.41, 5.74) is 1.10. The van der Waals surface area contributed by atoms with E-state index in [4.69, 9.17) is 0 Å². The molecule has 0 bridgehead atoms. The summed E-state index contributed by atoms with van der Waals surface area (Å²) in [5.74, 6) is 0.0507. The molecule has 0 radical (unpaired) electrons. The van der Waals surface area contributed by atoms with Gasteiger partial charge < -0.3 is 4.90 Å². The molecule has 0 unspecified atom stereocenters. The van der Waals surface area contributed by atoms with Crippen LogP contribution in [0, 0.1) is 6.92 Å². The van der Waals surface area contributed by atoms with Crippen LogP contribution in [0.25, 0.3) is 0 Å². The second kappa shape index (κ2) is 8.31. The van der Waals surface area contributed by atoms with Crippen molar-refractivity contribution >= 4 is 34.8 Å². The van der Waals surface area contributed by atoms with Gasteiger partial charge in [-0.3, -0.25) is 9.59 Å². The van der Waals surface area contributed by atoms with Crippen molar-refractivity contribution in [3.8, 4) is 0 Å². The first-order valence-corrected chi connectivity index (χ1v) is 9.50. The molecule has 0 aliphatic heterocycles. The molecule has 23 heavy (non-hydrogen) atoms. The molecule has 5 heteroatoms. The number of Topliss-reactive ketones (excluding diaryl/α,β-unsaturated/α-hetero) is 1. The van der Waals surface area contributed by atoms with Crippen molar-refractivity contribution in [1.82, 2.24) is 4.90 Å². The summed E-state index contributed by atoms with van der Waals surface area (Å²) in [6.07, 6.45) is 2.57. The Bertz CT molecular complexity index is 677. The van der Waals surface area contributed by atoms with Gasteiger partial charge in [-0.05, 0) is 43.0 Å². The van der Waals surface area contributed by atoms with Gasteiger partial charge in [-0.25, -0.2) is 0 Å². The summed E-state index contributed by atoms with van der Waals surface area (Å²) in [5, 5.41) is 0. The van der Waals surface area contributed by atoms with Gasteiger partial charge in [0.1, 0.15) is 0 Å². The molecule has 0 atom stereocenters. The van der Waals surface area contributed by atoms with E-state index in [1.165, 1.54) is 16.2 Å². The summed E-state index contributed by atoms with van der Waals surface area (Å²) in [4.78, 5) is 29.0. The summed E-state index contributed by atoms with van der Waals surface area (Å²) in [6.45, 7) is 2.54. The molecule has 1 amide bonds. The Morgan fingerprint density at radius 3 is 2.35 bits per heavy atom. The van der Waals surface area contributed by atoms with E-state index in [1.54, 1.807) is 23.7 Å². The van der Waals surface area contributed by atoms with E-state index in [2.05, 4.69) is 12.1 Å². The smallest absolute Gasteiger partial charge is 0.223 e. The van der Waals surface area contributed by atoms with Gasteiger partial charge in [0, 0.05) is 36.2 Å². The van der Waals surface area contributed by atoms with Gasteiger partial charge in [-0.2, -0.15) is 0 Å². The largest absolute Gasteiger partial charge is 0.341 e. The van der Waals surface area contributed by atoms with Crippen LogP contribution >= 0.6 is 23.1 Å². The van der Waals surface area contributed by atoms with E-state index in [0.29, 0.717) is 6.54 Å². The van der Waals surface area contributed by atoms with Crippen molar-refractivity contribution in [3.05, 3.63) is 51.7 Å². The SMILES string of the molecule is CSc1ccc(CN(C)C(=O)CCC(=O)c2ccc(C)s2)cc1. The molecule has 2 aromatic rings. The fourth-order valence-corrected chi connectivity index (χ4v) is 3.46. The lowest BCUT2D eigenvalue weighted by atomic mass is 10.1. The molecule has 0 spiro atoms. The van der Waals surface area contributed by atoms with E-state index in [0.717, 1.165) is 15.3 Å². The number of carbonyl (C=O) groups excluding carboxylic acids is 2. The van der Waals surface area contributed by atoms with Crippen LogP contribution in [0.2, 0.25) is 0 Å². The molecular weight excluding hydrogens is 326 g/mol. The molecule has 0 aliphatic rings. The highest BCUT2D eigenvalue weighted by Crippen LogP contribution is 2.18. The number of aryl methyl sites for hydroxylation is 1. The lowest BCUT2D eigenvalue weighted by molar-refractivity contribution is -0.130. The molecule has 0 fully saturated rings. The number of nitrogens with zero attached hydrogens (tertiary/aromatic N) is 1. The number of hydrogen-bond donors (Lipinski definition) is 0. The maximum absolute atomic E-state index is 12.2. The number of hydrogen-bond acceptors (Lipinski definition) is 4. The molecule has 0 N–H and O–H groups in total. The highest BCUT2D eigenvalue weighted by atomic mass is 32.2. The average Bonchev–Trinajstić information content (AvgIpc) is 2.99. The van der Waals surface area contributed by atoms with Gasteiger partial charge in [0.25, 0.3) is 0 Å². The second-order valence-electron chi connectivity index (χ2n) is 5.43. The number of ketones is 1. The van der Waals surface area contributed by atoms with E-state index in [1.807, 2.05) is 37.4 Å². The molecule has 122 valence electrons. The minimum atomic E-state index is 0.000529. The molecule has 1 aromatic carbocycles. The zero-order valence-corrected chi connectivity index (χ0v) is 15.3. The number of thiophene rings is 1. The van der Waals surface area contributed by atoms with E-state index >= 15 is 0 Å². The molecular formula is C18H21NO2S2. The normalized spacial score (nSPS) is 10.6. The van der Waals surface area contributed by atoms with E-state index < -0.39 is 0 Å². The Balaban J connectivity index is 1.83. The van der Waals surface area contributed by atoms with Gasteiger partial charge in [-0.15, -0.1) is 23.1 Å². The minimum absolute atomic E-state index is 0.000529. The summed E-state index contributed by atoms with van der Waals surface area (Å²) in [6, 6.07) is 12.0. The molecule has 2 rings (SSSR count). The quantitative estimate of drug-likeness (QED) is 0.550. The Morgan fingerprint density at radius 2 is 1.78 bits per heavy atom. The predicted octanol–water partition coefficient (Wildman–Crippen LogP) is 4.40. The highest BCUT2D eigenvalue weighted by molar-refractivity contribution is 7.98. The van der Waals surface area contributed by atoms with Crippen LogP contribution in [0.4, 0.5) is 0 Å². The molecule has 3 nitrogen and oxygen atoms in total. The van der Waals surface area contributed by atoms with Crippen LogP contribution < -0.4 is 0 Å². The topological polar surface area (TPSA) is 37.4 Å². The molecule has 0 aliphatic carbocycles. The van der Waals surface area contributed by atoms with Crippen LogP contribution in [0.1, 0.15) is 33.0 Å². The summed E-state index contributed by atoms with van der Waals surface area (Å²) in [7, 11) is 1.78. The first-order chi connectivity index (χ1) is 11.0. The highest BCUT2D eigenvalue weighted by Gasteiger charge is 2.14. The lowest BCUT2D eigenvalue weighted by Crippen LogP contribution is -2.26. The van der Waals surface area contributed by atoms with Crippen LogP contribution in [-0.2, 0) is 11.3 Å². The van der Waals surface area contributed by atoms with Gasteiger partial charge in [0.05, 0.1) is 4.88 Å². The van der Waals surface area contributed by atoms with Gasteiger partial charge in [-0.1, -0.05) is 12.1 Å². The Labute approximate surface area is 145 Å². The number of rotatable bonds is 7. The van der Waals surface area contributed by atoms with Crippen LogP contribution in [0.3, 0.4) is 0 Å². The third kappa shape index (κ3) is 5.22. The van der Waals surface area contributed by atoms with Crippen LogP contribution in [0.5, 0.6) is 0 Å². The monoisotopic (exact) mass is 347 g/mol. The molecule has 0 saturated carbocycles. The second-order valence-corrected chi connectivity index (χ2v) is 7.60. The van der Waals surface area contributed by atoms with E-state index in [-0.39, 0.29) is 24.5 Å². The van der Waals surface area contributed by atoms with Gasteiger partial charge in [0.2, 0.25) is 5.91 Å². The Morgan fingerprint density at radius 1 is 1.09 bits per heavy atom. The van der Waals surface area contributed by atoms with Crippen molar-refractivity contribution < 1.29 is 9.59 Å². The first-order valence-electron chi connectivity index (χ1n) is 7.46. The number of thioether (sulfide) groups is 1. The third-order valence-corrected chi connectivity index (χ3v) is 5.37. The zero-order valence-electron chi connectivity index (χ0n) is 13.7. The van der Waals surface area contributed by atoms with Gasteiger partial charge in [0.15, 0.2) is 5.78 Å². The Hall–Kier alpha value is -1.59. The predicted molar refractivity (Wildman–Crippen MR) is 97.3 cm³/mol. The summed E-state index contributed by atoms with van der Waals surface area (Å²) < 4.78 is 0. The number of benzene rings is 1. The Kier molecular flexibility index (Phi) is 6.42. The van der Waals surface area contributed by atoms with Crippen LogP contribution in [-0.4, -0.2) is 29.9 Å². The van der Waals surface area contributed by atoms with Crippen molar-refractivity contribution in [1.29, 1.82) is 0 Å². The average molecular weight is 348 g/mol. The van der Waals surface area contributed by atoms with Crippen molar-refractivity contribution in [2.24, 2.45) is 0 Å². The number of carbonyl (C=O) groups is 2. The minimum Gasteiger partial charge on any atom is -0.341 e. The fourth-order valence-electron chi connectivity index (χ4n) is 2.21. The van der Waals surface area contributed by atoms with Crippen LogP contribution in [0.15, 0.2) is 41.3 Å². The molecule has 0 saturated heterocycles. The first kappa shape index (κ1) is 17.8. The molecule has 1 heterocycles. The maximum Gasteiger partial charge on any atom is 0.223 e. The van der Waals surface area contributed by atoms with Gasteiger partial charge >= 0.3 is 0 Å². The third-order valence-electron chi connectivity index (χ3n) is 3.59. The fraction of sp³-hybridized carbons (Fsp3) is 0.333. The van der Waals surface area contributed by atoms with Crippen molar-refractivity contribution in [2.45, 2.75) is 31.2 Å². The zero-order chi connectivity index (χ0) is 16.8.